The number of carbonyl (C=O) groups is 1. The van der Waals surface area contributed by atoms with E-state index in [1.807, 2.05) is 6.07 Å². The second-order valence-corrected chi connectivity index (χ2v) is 6.37. The summed E-state index contributed by atoms with van der Waals surface area (Å²) in [5.41, 5.74) is 0.289. The van der Waals surface area contributed by atoms with Crippen LogP contribution in [0.2, 0.25) is 0 Å². The fraction of sp³-hybridized carbons (Fsp3) is 0.111. The van der Waals surface area contributed by atoms with Gasteiger partial charge in [-0.2, -0.15) is 13.2 Å². The number of thioether (sulfide) groups is 1. The summed E-state index contributed by atoms with van der Waals surface area (Å²) in [4.78, 5) is 16.0. The van der Waals surface area contributed by atoms with Gasteiger partial charge >= 0.3 is 6.18 Å². The maximum Gasteiger partial charge on any atom is 0.418 e. The summed E-state index contributed by atoms with van der Waals surface area (Å²) >= 11 is 1.08. The van der Waals surface area contributed by atoms with E-state index in [1.54, 1.807) is 30.6 Å². The van der Waals surface area contributed by atoms with Crippen molar-refractivity contribution in [3.63, 3.8) is 0 Å². The lowest BCUT2D eigenvalue weighted by Crippen LogP contribution is -2.18. The van der Waals surface area contributed by atoms with E-state index in [0.29, 0.717) is 10.7 Å². The van der Waals surface area contributed by atoms with E-state index >= 15 is 0 Å². The first-order valence-electron chi connectivity index (χ1n) is 7.76. The van der Waals surface area contributed by atoms with E-state index in [0.717, 1.165) is 23.4 Å². The maximum atomic E-state index is 12.9. The average molecular weight is 390 g/mol. The first-order chi connectivity index (χ1) is 12.9. The van der Waals surface area contributed by atoms with Gasteiger partial charge < -0.3 is 5.32 Å². The Morgan fingerprint density at radius 1 is 1.04 bits per heavy atom. The number of nitrogens with zero attached hydrogens (tertiary/aromatic N) is 3. The van der Waals surface area contributed by atoms with Crippen molar-refractivity contribution in [3.8, 4) is 11.3 Å². The van der Waals surface area contributed by atoms with Gasteiger partial charge in [0.1, 0.15) is 5.03 Å². The van der Waals surface area contributed by atoms with Gasteiger partial charge in [-0.05, 0) is 36.4 Å². The number of rotatable bonds is 5. The van der Waals surface area contributed by atoms with Gasteiger partial charge in [0.2, 0.25) is 5.91 Å². The second-order valence-electron chi connectivity index (χ2n) is 5.38. The Morgan fingerprint density at radius 2 is 1.85 bits per heavy atom. The molecular formula is C18H13F3N4OS. The number of amides is 1. The van der Waals surface area contributed by atoms with Crippen LogP contribution in [0.25, 0.3) is 11.3 Å². The Hall–Kier alpha value is -2.94. The quantitative estimate of drug-likeness (QED) is 0.659. The summed E-state index contributed by atoms with van der Waals surface area (Å²) in [6.45, 7) is 0. The molecule has 138 valence electrons. The first-order valence-corrected chi connectivity index (χ1v) is 8.75. The molecule has 0 atom stereocenters. The summed E-state index contributed by atoms with van der Waals surface area (Å²) in [6, 6.07) is 11.9. The van der Waals surface area contributed by atoms with Gasteiger partial charge in [-0.3, -0.25) is 9.78 Å². The minimum absolute atomic E-state index is 0.0902. The summed E-state index contributed by atoms with van der Waals surface area (Å²) < 4.78 is 38.8. The van der Waals surface area contributed by atoms with Crippen molar-refractivity contribution in [3.05, 3.63) is 66.5 Å². The fourth-order valence-electron chi connectivity index (χ4n) is 2.23. The summed E-state index contributed by atoms with van der Waals surface area (Å²) in [5, 5.41) is 10.9. The van der Waals surface area contributed by atoms with E-state index in [1.165, 1.54) is 18.2 Å². The van der Waals surface area contributed by atoms with E-state index in [-0.39, 0.29) is 11.4 Å². The number of para-hydroxylation sites is 1. The van der Waals surface area contributed by atoms with Crippen LogP contribution in [0, 0.1) is 0 Å². The highest BCUT2D eigenvalue weighted by atomic mass is 32.2. The molecule has 0 aliphatic rings. The van der Waals surface area contributed by atoms with Crippen LogP contribution in [0.3, 0.4) is 0 Å². The topological polar surface area (TPSA) is 67.8 Å². The molecule has 0 bridgehead atoms. The first kappa shape index (κ1) is 18.8. The van der Waals surface area contributed by atoms with Crippen LogP contribution in [0.5, 0.6) is 0 Å². The number of pyridine rings is 1. The minimum Gasteiger partial charge on any atom is -0.325 e. The molecular weight excluding hydrogens is 377 g/mol. The highest BCUT2D eigenvalue weighted by Crippen LogP contribution is 2.34. The Morgan fingerprint density at radius 3 is 2.52 bits per heavy atom. The smallest absolute Gasteiger partial charge is 0.325 e. The largest absolute Gasteiger partial charge is 0.418 e. The van der Waals surface area contributed by atoms with Crippen molar-refractivity contribution < 1.29 is 18.0 Å². The number of benzene rings is 1. The summed E-state index contributed by atoms with van der Waals surface area (Å²) in [6.07, 6.45) is -1.23. The Balaban J connectivity index is 1.60. The van der Waals surface area contributed by atoms with Crippen molar-refractivity contribution in [1.29, 1.82) is 0 Å². The van der Waals surface area contributed by atoms with E-state index in [2.05, 4.69) is 20.5 Å². The van der Waals surface area contributed by atoms with E-state index < -0.39 is 17.6 Å². The standard InChI is InChI=1S/C18H13F3N4OS/c19-18(20,21)13-5-1-2-6-15(13)23-16(26)11-27-17-8-7-14(24-25-17)12-4-3-9-22-10-12/h1-10H,11H2,(H,23,26). The number of halogens is 3. The number of anilines is 1. The van der Waals surface area contributed by atoms with Crippen LogP contribution < -0.4 is 5.32 Å². The Bertz CT molecular complexity index is 918. The molecule has 0 saturated carbocycles. The van der Waals surface area contributed by atoms with Crippen molar-refractivity contribution >= 4 is 23.4 Å². The molecule has 0 aliphatic heterocycles. The van der Waals surface area contributed by atoms with Gasteiger partial charge in [-0.15, -0.1) is 10.2 Å². The van der Waals surface area contributed by atoms with Gasteiger partial charge in [0.05, 0.1) is 22.7 Å². The fourth-order valence-corrected chi connectivity index (χ4v) is 2.84. The predicted molar refractivity (Wildman–Crippen MR) is 96.1 cm³/mol. The van der Waals surface area contributed by atoms with Crippen LogP contribution in [0.4, 0.5) is 18.9 Å². The van der Waals surface area contributed by atoms with Crippen molar-refractivity contribution in [2.75, 3.05) is 11.1 Å². The molecule has 0 spiro atoms. The van der Waals surface area contributed by atoms with Gasteiger partial charge in [0, 0.05) is 18.0 Å². The number of alkyl halides is 3. The third-order valence-electron chi connectivity index (χ3n) is 3.46. The Labute approximate surface area is 157 Å². The molecule has 0 fully saturated rings. The van der Waals surface area contributed by atoms with Crippen molar-refractivity contribution in [2.45, 2.75) is 11.2 Å². The van der Waals surface area contributed by atoms with Crippen LogP contribution in [0.15, 0.2) is 66.0 Å². The Kier molecular flexibility index (Phi) is 5.70. The molecule has 1 amide bonds. The molecule has 27 heavy (non-hydrogen) atoms. The zero-order valence-corrected chi connectivity index (χ0v) is 14.6. The van der Waals surface area contributed by atoms with Gasteiger partial charge in [-0.1, -0.05) is 23.9 Å². The molecule has 2 aromatic heterocycles. The lowest BCUT2D eigenvalue weighted by molar-refractivity contribution is -0.137. The molecule has 9 heteroatoms. The molecule has 0 unspecified atom stereocenters. The highest BCUT2D eigenvalue weighted by molar-refractivity contribution is 7.99. The third kappa shape index (κ3) is 5.04. The molecule has 3 rings (SSSR count). The van der Waals surface area contributed by atoms with Crippen molar-refractivity contribution in [2.24, 2.45) is 0 Å². The molecule has 0 aliphatic carbocycles. The lowest BCUT2D eigenvalue weighted by atomic mass is 10.1. The number of carbonyl (C=O) groups excluding carboxylic acids is 1. The van der Waals surface area contributed by atoms with Crippen molar-refractivity contribution in [1.82, 2.24) is 15.2 Å². The number of hydrogen-bond donors (Lipinski definition) is 1. The third-order valence-corrected chi connectivity index (χ3v) is 4.38. The van der Waals surface area contributed by atoms with E-state index in [4.69, 9.17) is 0 Å². The van der Waals surface area contributed by atoms with Crippen LogP contribution >= 0.6 is 11.8 Å². The summed E-state index contributed by atoms with van der Waals surface area (Å²) in [7, 11) is 0. The average Bonchev–Trinajstić information content (AvgIpc) is 2.67. The second kappa shape index (κ2) is 8.17. The molecule has 1 aromatic carbocycles. The minimum atomic E-state index is -4.54. The monoisotopic (exact) mass is 390 g/mol. The number of aromatic nitrogens is 3. The van der Waals surface area contributed by atoms with Crippen LogP contribution in [-0.4, -0.2) is 26.8 Å². The zero-order valence-electron chi connectivity index (χ0n) is 13.8. The number of hydrogen-bond acceptors (Lipinski definition) is 5. The SMILES string of the molecule is O=C(CSc1ccc(-c2cccnc2)nn1)Nc1ccccc1C(F)(F)F. The lowest BCUT2D eigenvalue weighted by Gasteiger charge is -2.13. The molecule has 2 heterocycles. The maximum absolute atomic E-state index is 12.9. The zero-order chi connectivity index (χ0) is 19.3. The molecule has 0 radical (unpaired) electrons. The predicted octanol–water partition coefficient (Wildman–Crippen LogP) is 4.29. The van der Waals surface area contributed by atoms with Crippen LogP contribution in [-0.2, 0) is 11.0 Å². The van der Waals surface area contributed by atoms with Gasteiger partial charge in [0.15, 0.2) is 0 Å². The molecule has 1 N–H and O–H groups in total. The number of nitrogens with one attached hydrogen (secondary N) is 1. The van der Waals surface area contributed by atoms with Gasteiger partial charge in [-0.25, -0.2) is 0 Å². The molecule has 3 aromatic rings. The van der Waals surface area contributed by atoms with Gasteiger partial charge in [0.25, 0.3) is 0 Å². The molecule has 0 saturated heterocycles. The van der Waals surface area contributed by atoms with E-state index in [9.17, 15) is 18.0 Å². The molecule has 5 nitrogen and oxygen atoms in total. The van der Waals surface area contributed by atoms with Crippen LogP contribution in [0.1, 0.15) is 5.56 Å². The highest BCUT2D eigenvalue weighted by Gasteiger charge is 2.33. The summed E-state index contributed by atoms with van der Waals surface area (Å²) in [5.74, 6) is -0.651. The normalized spacial score (nSPS) is 11.2.